The number of benzene rings is 1. The minimum absolute atomic E-state index is 0.205. The first-order valence-electron chi connectivity index (χ1n) is 6.40. The highest BCUT2D eigenvalue weighted by atomic mass is 16.5. The number of hydrogen-bond donors (Lipinski definition) is 1. The lowest BCUT2D eigenvalue weighted by atomic mass is 9.97. The van der Waals surface area contributed by atoms with Crippen molar-refractivity contribution in [1.82, 2.24) is 5.32 Å². The Morgan fingerprint density at radius 1 is 1.41 bits per heavy atom. The molecule has 92 valence electrons. The van der Waals surface area contributed by atoms with Crippen molar-refractivity contribution >= 4 is 0 Å². The van der Waals surface area contributed by atoms with Gasteiger partial charge in [0.15, 0.2) is 0 Å². The van der Waals surface area contributed by atoms with Gasteiger partial charge in [-0.2, -0.15) is 0 Å². The van der Waals surface area contributed by atoms with Crippen LogP contribution < -0.4 is 10.1 Å². The SMILES string of the molecule is COc1ccc2c(c1)[C@@H]1OCCN[C@H]1CCC2. The van der Waals surface area contributed by atoms with Crippen molar-refractivity contribution in [2.24, 2.45) is 0 Å². The zero-order chi connectivity index (χ0) is 11.7. The van der Waals surface area contributed by atoms with Crippen LogP contribution in [0.15, 0.2) is 18.2 Å². The zero-order valence-corrected chi connectivity index (χ0v) is 10.2. The van der Waals surface area contributed by atoms with Gasteiger partial charge < -0.3 is 14.8 Å². The van der Waals surface area contributed by atoms with E-state index in [0.29, 0.717) is 6.04 Å². The van der Waals surface area contributed by atoms with Gasteiger partial charge in [-0.25, -0.2) is 0 Å². The topological polar surface area (TPSA) is 30.5 Å². The zero-order valence-electron chi connectivity index (χ0n) is 10.2. The Kier molecular flexibility index (Phi) is 3.04. The standard InChI is InChI=1S/C14H19NO2/c1-16-11-6-5-10-3-2-4-13-14(12(10)9-11)17-8-7-15-13/h5-6,9,13-15H,2-4,7-8H2,1H3/t13-,14-/m0/s1. The van der Waals surface area contributed by atoms with Crippen molar-refractivity contribution in [3.05, 3.63) is 29.3 Å². The summed E-state index contributed by atoms with van der Waals surface area (Å²) in [5.41, 5.74) is 2.74. The largest absolute Gasteiger partial charge is 0.497 e. The van der Waals surface area contributed by atoms with Crippen LogP contribution in [-0.4, -0.2) is 26.3 Å². The van der Waals surface area contributed by atoms with Gasteiger partial charge in [-0.15, -0.1) is 0 Å². The molecule has 0 bridgehead atoms. The third-order valence-corrected chi connectivity index (χ3v) is 3.79. The van der Waals surface area contributed by atoms with E-state index >= 15 is 0 Å². The molecule has 0 saturated carbocycles. The Labute approximate surface area is 102 Å². The van der Waals surface area contributed by atoms with E-state index in [-0.39, 0.29) is 6.10 Å². The fourth-order valence-corrected chi connectivity index (χ4v) is 2.92. The van der Waals surface area contributed by atoms with Gasteiger partial charge in [0.1, 0.15) is 5.75 Å². The van der Waals surface area contributed by atoms with Crippen LogP contribution in [0.25, 0.3) is 0 Å². The van der Waals surface area contributed by atoms with Crippen LogP contribution in [0.3, 0.4) is 0 Å². The summed E-state index contributed by atoms with van der Waals surface area (Å²) in [6, 6.07) is 6.85. The highest BCUT2D eigenvalue weighted by Crippen LogP contribution is 2.35. The van der Waals surface area contributed by atoms with E-state index in [1.807, 2.05) is 0 Å². The van der Waals surface area contributed by atoms with Crippen molar-refractivity contribution < 1.29 is 9.47 Å². The van der Waals surface area contributed by atoms with Crippen molar-refractivity contribution in [3.63, 3.8) is 0 Å². The molecule has 1 aromatic rings. The van der Waals surface area contributed by atoms with E-state index < -0.39 is 0 Å². The van der Waals surface area contributed by atoms with Gasteiger partial charge >= 0.3 is 0 Å². The Morgan fingerprint density at radius 3 is 3.24 bits per heavy atom. The molecule has 0 unspecified atom stereocenters. The number of nitrogens with one attached hydrogen (secondary N) is 1. The van der Waals surface area contributed by atoms with E-state index in [4.69, 9.17) is 9.47 Å². The number of rotatable bonds is 1. The van der Waals surface area contributed by atoms with Gasteiger partial charge in [0.25, 0.3) is 0 Å². The van der Waals surface area contributed by atoms with Gasteiger partial charge in [0.05, 0.1) is 19.8 Å². The first-order valence-corrected chi connectivity index (χ1v) is 6.40. The monoisotopic (exact) mass is 233 g/mol. The summed E-state index contributed by atoms with van der Waals surface area (Å²) in [7, 11) is 1.72. The van der Waals surface area contributed by atoms with Crippen LogP contribution in [0.1, 0.15) is 30.1 Å². The second-order valence-corrected chi connectivity index (χ2v) is 4.81. The smallest absolute Gasteiger partial charge is 0.119 e. The molecule has 3 heteroatoms. The Bertz CT molecular complexity index is 405. The van der Waals surface area contributed by atoms with Crippen LogP contribution in [0.4, 0.5) is 0 Å². The molecule has 1 fully saturated rings. The lowest BCUT2D eigenvalue weighted by Gasteiger charge is -2.32. The molecule has 0 amide bonds. The van der Waals surface area contributed by atoms with Crippen LogP contribution in [0.5, 0.6) is 5.75 Å². The molecule has 17 heavy (non-hydrogen) atoms. The molecule has 1 aromatic carbocycles. The predicted octanol–water partition coefficient (Wildman–Crippen LogP) is 2.06. The summed E-state index contributed by atoms with van der Waals surface area (Å²) < 4.78 is 11.3. The molecule has 0 radical (unpaired) electrons. The minimum atomic E-state index is 0.205. The number of aryl methyl sites for hydroxylation is 1. The first-order chi connectivity index (χ1) is 8.38. The molecular formula is C14H19NO2. The fourth-order valence-electron chi connectivity index (χ4n) is 2.92. The summed E-state index contributed by atoms with van der Waals surface area (Å²) in [6.45, 7) is 1.78. The first kappa shape index (κ1) is 11.1. The normalized spacial score (nSPS) is 27.8. The molecular weight excluding hydrogens is 214 g/mol. The van der Waals surface area contributed by atoms with E-state index in [1.165, 1.54) is 24.0 Å². The number of ether oxygens (including phenoxy) is 2. The molecule has 0 aromatic heterocycles. The van der Waals surface area contributed by atoms with E-state index in [1.54, 1.807) is 7.11 Å². The Morgan fingerprint density at radius 2 is 2.35 bits per heavy atom. The molecule has 0 spiro atoms. The van der Waals surface area contributed by atoms with Crippen molar-refractivity contribution in [2.75, 3.05) is 20.3 Å². The van der Waals surface area contributed by atoms with Crippen LogP contribution >= 0.6 is 0 Å². The lowest BCUT2D eigenvalue weighted by Crippen LogP contribution is -2.43. The Hall–Kier alpha value is -1.06. The maximum absolute atomic E-state index is 5.97. The quantitative estimate of drug-likeness (QED) is 0.805. The summed E-state index contributed by atoms with van der Waals surface area (Å²) >= 11 is 0. The van der Waals surface area contributed by atoms with Crippen molar-refractivity contribution in [2.45, 2.75) is 31.4 Å². The average Bonchev–Trinajstić information content (AvgIpc) is 2.57. The second-order valence-electron chi connectivity index (χ2n) is 4.81. The maximum atomic E-state index is 5.97. The summed E-state index contributed by atoms with van der Waals surface area (Å²) in [6.07, 6.45) is 3.78. The molecule has 1 saturated heterocycles. The van der Waals surface area contributed by atoms with Gasteiger partial charge in [-0.05, 0) is 42.5 Å². The molecule has 1 aliphatic heterocycles. The van der Waals surface area contributed by atoms with Crippen molar-refractivity contribution in [1.29, 1.82) is 0 Å². The third-order valence-electron chi connectivity index (χ3n) is 3.79. The molecule has 3 rings (SSSR count). The maximum Gasteiger partial charge on any atom is 0.119 e. The lowest BCUT2D eigenvalue weighted by molar-refractivity contribution is -0.00654. The molecule has 1 heterocycles. The summed E-state index contributed by atoms with van der Waals surface area (Å²) in [5.74, 6) is 0.929. The number of morpholine rings is 1. The van der Waals surface area contributed by atoms with E-state index in [2.05, 4.69) is 23.5 Å². The van der Waals surface area contributed by atoms with Crippen LogP contribution in [-0.2, 0) is 11.2 Å². The number of methoxy groups -OCH3 is 1. The highest BCUT2D eigenvalue weighted by molar-refractivity contribution is 5.39. The van der Waals surface area contributed by atoms with Crippen LogP contribution in [0.2, 0.25) is 0 Å². The highest BCUT2D eigenvalue weighted by Gasteiger charge is 2.30. The van der Waals surface area contributed by atoms with Gasteiger partial charge in [0, 0.05) is 12.6 Å². The molecule has 2 aliphatic rings. The fraction of sp³-hybridized carbons (Fsp3) is 0.571. The molecule has 1 N–H and O–H groups in total. The molecule has 3 nitrogen and oxygen atoms in total. The van der Waals surface area contributed by atoms with Gasteiger partial charge in [-0.3, -0.25) is 0 Å². The van der Waals surface area contributed by atoms with Crippen molar-refractivity contribution in [3.8, 4) is 5.75 Å². The van der Waals surface area contributed by atoms with Gasteiger partial charge in [0.2, 0.25) is 0 Å². The predicted molar refractivity (Wildman–Crippen MR) is 66.4 cm³/mol. The average molecular weight is 233 g/mol. The third kappa shape index (κ3) is 2.05. The number of hydrogen-bond acceptors (Lipinski definition) is 3. The molecule has 2 atom stereocenters. The Balaban J connectivity index is 2.00. The van der Waals surface area contributed by atoms with Gasteiger partial charge in [-0.1, -0.05) is 6.07 Å². The van der Waals surface area contributed by atoms with E-state index in [0.717, 1.165) is 25.3 Å². The minimum Gasteiger partial charge on any atom is -0.497 e. The molecule has 1 aliphatic carbocycles. The van der Waals surface area contributed by atoms with E-state index in [9.17, 15) is 0 Å². The summed E-state index contributed by atoms with van der Waals surface area (Å²) in [4.78, 5) is 0. The van der Waals surface area contributed by atoms with Crippen LogP contribution in [0, 0.1) is 0 Å². The second kappa shape index (κ2) is 4.67. The summed E-state index contributed by atoms with van der Waals surface area (Å²) in [5, 5.41) is 3.57. The number of fused-ring (bicyclic) bond motifs is 3.